The summed E-state index contributed by atoms with van der Waals surface area (Å²) in [5.41, 5.74) is 1.51. The minimum atomic E-state index is -0.971. The Morgan fingerprint density at radius 2 is 1.96 bits per heavy atom. The number of rotatable bonds is 3. The highest BCUT2D eigenvalue weighted by molar-refractivity contribution is 5.95. The van der Waals surface area contributed by atoms with Crippen LogP contribution >= 0.6 is 0 Å². The van der Waals surface area contributed by atoms with Crippen LogP contribution < -0.4 is 0 Å². The molecule has 25 heavy (non-hydrogen) atoms. The maximum absolute atomic E-state index is 12.6. The highest BCUT2D eigenvalue weighted by atomic mass is 16.4. The van der Waals surface area contributed by atoms with Gasteiger partial charge in [0, 0.05) is 37.9 Å². The number of carboxylic acids is 1. The molecule has 1 unspecified atom stereocenters. The molecule has 3 heterocycles. The first kappa shape index (κ1) is 17.5. The lowest BCUT2D eigenvalue weighted by Gasteiger charge is -2.48. The monoisotopic (exact) mass is 347 g/mol. The fourth-order valence-electron chi connectivity index (χ4n) is 3.98. The summed E-state index contributed by atoms with van der Waals surface area (Å²) in [6.45, 7) is 5.22. The van der Waals surface area contributed by atoms with Gasteiger partial charge in [0.2, 0.25) is 5.91 Å². The number of aromatic amines is 1. The van der Waals surface area contributed by atoms with E-state index >= 15 is 0 Å². The number of aryl methyl sites for hydroxylation is 1. The number of hydrogen-bond donors (Lipinski definition) is 2. The van der Waals surface area contributed by atoms with Crippen LogP contribution in [0.2, 0.25) is 0 Å². The van der Waals surface area contributed by atoms with Crippen molar-refractivity contribution < 1.29 is 19.5 Å². The van der Waals surface area contributed by atoms with Gasteiger partial charge in [-0.3, -0.25) is 9.59 Å². The largest absolute Gasteiger partial charge is 0.480 e. The van der Waals surface area contributed by atoms with Gasteiger partial charge in [-0.2, -0.15) is 0 Å². The predicted molar refractivity (Wildman–Crippen MR) is 91.1 cm³/mol. The van der Waals surface area contributed by atoms with Crippen molar-refractivity contribution in [3.63, 3.8) is 0 Å². The smallest absolute Gasteiger partial charge is 0.326 e. The van der Waals surface area contributed by atoms with Crippen LogP contribution in [0.1, 0.15) is 48.7 Å². The average Bonchev–Trinajstić information content (AvgIpc) is 3.02. The molecule has 2 N–H and O–H groups in total. The van der Waals surface area contributed by atoms with Crippen LogP contribution in [-0.2, 0) is 9.59 Å². The minimum absolute atomic E-state index is 0.0382. The number of H-pyrrole nitrogens is 1. The molecule has 0 aromatic carbocycles. The Hall–Kier alpha value is -2.31. The summed E-state index contributed by atoms with van der Waals surface area (Å²) < 4.78 is 0. The third-order valence-corrected chi connectivity index (χ3v) is 5.82. The number of carboxylic acid groups (broad SMARTS) is 1. The highest BCUT2D eigenvalue weighted by Crippen LogP contribution is 2.41. The van der Waals surface area contributed by atoms with E-state index in [2.05, 4.69) is 4.98 Å². The van der Waals surface area contributed by atoms with Gasteiger partial charge in [-0.05, 0) is 44.6 Å². The number of aromatic nitrogens is 1. The van der Waals surface area contributed by atoms with Gasteiger partial charge >= 0.3 is 5.97 Å². The summed E-state index contributed by atoms with van der Waals surface area (Å²) in [4.78, 5) is 42.4. The molecule has 0 aliphatic carbocycles. The predicted octanol–water partition coefficient (Wildman–Crippen LogP) is 1.64. The lowest BCUT2D eigenvalue weighted by molar-refractivity contribution is -0.154. The number of aliphatic carboxylic acids is 1. The summed E-state index contributed by atoms with van der Waals surface area (Å²) >= 11 is 0. The standard InChI is InChI=1S/C18H25N3O4/c1-12-14(4-8-19-12)16(23)20-9-6-18(7-10-20)5-3-15(22)21(11-18)13(2)17(24)25/h4,8,13,19H,3,5-7,9-11H2,1-2H3,(H,24,25). The molecule has 1 atom stereocenters. The minimum Gasteiger partial charge on any atom is -0.480 e. The quantitative estimate of drug-likeness (QED) is 0.869. The topological polar surface area (TPSA) is 93.7 Å². The maximum atomic E-state index is 12.6. The van der Waals surface area contributed by atoms with Crippen LogP contribution in [0.4, 0.5) is 0 Å². The Labute approximate surface area is 147 Å². The number of piperidine rings is 2. The van der Waals surface area contributed by atoms with E-state index < -0.39 is 12.0 Å². The Morgan fingerprint density at radius 3 is 2.52 bits per heavy atom. The van der Waals surface area contributed by atoms with E-state index in [1.54, 1.807) is 19.2 Å². The first-order valence-corrected chi connectivity index (χ1v) is 8.78. The van der Waals surface area contributed by atoms with Crippen molar-refractivity contribution in [1.29, 1.82) is 0 Å². The van der Waals surface area contributed by atoms with Gasteiger partial charge < -0.3 is 19.9 Å². The van der Waals surface area contributed by atoms with E-state index in [4.69, 9.17) is 0 Å². The van der Waals surface area contributed by atoms with Crippen molar-refractivity contribution in [3.05, 3.63) is 23.5 Å². The molecule has 0 radical (unpaired) electrons. The summed E-state index contributed by atoms with van der Waals surface area (Å²) in [5.74, 6) is -1.01. The number of likely N-dealkylation sites (tertiary alicyclic amines) is 2. The van der Waals surface area contributed by atoms with E-state index in [0.717, 1.165) is 25.0 Å². The number of nitrogens with zero attached hydrogens (tertiary/aromatic N) is 2. The van der Waals surface area contributed by atoms with Crippen molar-refractivity contribution in [2.24, 2.45) is 5.41 Å². The molecule has 7 nitrogen and oxygen atoms in total. The second-order valence-electron chi connectivity index (χ2n) is 7.34. The summed E-state index contributed by atoms with van der Waals surface area (Å²) in [6, 6.07) is 1.00. The molecule has 1 aromatic rings. The van der Waals surface area contributed by atoms with Crippen LogP contribution in [0, 0.1) is 12.3 Å². The zero-order chi connectivity index (χ0) is 18.2. The van der Waals surface area contributed by atoms with E-state index in [1.165, 1.54) is 4.90 Å². The molecular weight excluding hydrogens is 322 g/mol. The molecule has 0 saturated carbocycles. The van der Waals surface area contributed by atoms with Crippen LogP contribution in [0.25, 0.3) is 0 Å². The maximum Gasteiger partial charge on any atom is 0.326 e. The molecule has 1 spiro atoms. The number of nitrogens with one attached hydrogen (secondary N) is 1. The number of carbonyl (C=O) groups excluding carboxylic acids is 2. The van der Waals surface area contributed by atoms with Gasteiger partial charge in [-0.25, -0.2) is 4.79 Å². The number of amides is 2. The van der Waals surface area contributed by atoms with E-state index in [1.807, 2.05) is 11.8 Å². The van der Waals surface area contributed by atoms with Crippen molar-refractivity contribution in [2.75, 3.05) is 19.6 Å². The molecule has 0 bridgehead atoms. The fraction of sp³-hybridized carbons (Fsp3) is 0.611. The Bertz CT molecular complexity index is 688. The zero-order valence-electron chi connectivity index (χ0n) is 14.7. The number of hydrogen-bond acceptors (Lipinski definition) is 3. The third-order valence-electron chi connectivity index (χ3n) is 5.82. The molecule has 2 amide bonds. The van der Waals surface area contributed by atoms with Gasteiger partial charge in [0.05, 0.1) is 5.56 Å². The fourth-order valence-corrected chi connectivity index (χ4v) is 3.98. The molecule has 2 fully saturated rings. The first-order valence-electron chi connectivity index (χ1n) is 8.78. The molecule has 1 aromatic heterocycles. The Balaban J connectivity index is 1.66. The van der Waals surface area contributed by atoms with Crippen LogP contribution in [0.5, 0.6) is 0 Å². The van der Waals surface area contributed by atoms with Gasteiger partial charge in [0.15, 0.2) is 0 Å². The molecular formula is C18H25N3O4. The number of carbonyl (C=O) groups is 3. The average molecular weight is 347 g/mol. The summed E-state index contributed by atoms with van der Waals surface area (Å²) in [7, 11) is 0. The van der Waals surface area contributed by atoms with E-state index in [0.29, 0.717) is 31.6 Å². The van der Waals surface area contributed by atoms with Gasteiger partial charge in [0.25, 0.3) is 5.91 Å². The van der Waals surface area contributed by atoms with Crippen LogP contribution in [0.15, 0.2) is 12.3 Å². The summed E-state index contributed by atoms with van der Waals surface area (Å²) in [5, 5.41) is 9.24. The molecule has 2 saturated heterocycles. The Morgan fingerprint density at radius 1 is 1.28 bits per heavy atom. The van der Waals surface area contributed by atoms with Crippen molar-refractivity contribution >= 4 is 17.8 Å². The van der Waals surface area contributed by atoms with E-state index in [9.17, 15) is 19.5 Å². The second-order valence-corrected chi connectivity index (χ2v) is 7.34. The van der Waals surface area contributed by atoms with Gasteiger partial charge in [0.1, 0.15) is 6.04 Å². The van der Waals surface area contributed by atoms with Crippen LogP contribution in [-0.4, -0.2) is 63.4 Å². The second kappa shape index (κ2) is 6.54. The third kappa shape index (κ3) is 3.27. The molecule has 2 aliphatic heterocycles. The molecule has 7 heteroatoms. The SMILES string of the molecule is Cc1[nH]ccc1C(=O)N1CCC2(CCC(=O)N(C(C)C(=O)O)C2)CC1. The molecule has 2 aliphatic rings. The zero-order valence-corrected chi connectivity index (χ0v) is 14.7. The highest BCUT2D eigenvalue weighted by Gasteiger charge is 2.44. The molecule has 136 valence electrons. The van der Waals surface area contributed by atoms with Crippen molar-refractivity contribution in [2.45, 2.75) is 45.6 Å². The van der Waals surface area contributed by atoms with Crippen molar-refractivity contribution in [1.82, 2.24) is 14.8 Å². The molecule has 3 rings (SSSR count). The lowest BCUT2D eigenvalue weighted by Crippen LogP contribution is -2.55. The Kier molecular flexibility index (Phi) is 4.58. The summed E-state index contributed by atoms with van der Waals surface area (Å²) in [6.07, 6.45) is 4.55. The van der Waals surface area contributed by atoms with Gasteiger partial charge in [-0.1, -0.05) is 0 Å². The van der Waals surface area contributed by atoms with Crippen molar-refractivity contribution in [3.8, 4) is 0 Å². The van der Waals surface area contributed by atoms with Gasteiger partial charge in [-0.15, -0.1) is 0 Å². The normalized spacial score (nSPS) is 21.4. The lowest BCUT2D eigenvalue weighted by atomic mass is 9.72. The van der Waals surface area contributed by atoms with E-state index in [-0.39, 0.29) is 17.2 Å². The first-order chi connectivity index (χ1) is 11.8. The van der Waals surface area contributed by atoms with Crippen LogP contribution in [0.3, 0.4) is 0 Å².